The summed E-state index contributed by atoms with van der Waals surface area (Å²) in [4.78, 5) is 2.58. The highest BCUT2D eigenvalue weighted by Gasteiger charge is 2.20. The largest absolute Gasteiger partial charge is 0.493 e. The minimum atomic E-state index is 0.543. The van der Waals surface area contributed by atoms with Gasteiger partial charge in [-0.1, -0.05) is 31.5 Å². The number of benzene rings is 1. The van der Waals surface area contributed by atoms with Gasteiger partial charge >= 0.3 is 0 Å². The summed E-state index contributed by atoms with van der Waals surface area (Å²) in [5.74, 6) is 1.87. The summed E-state index contributed by atoms with van der Waals surface area (Å²) in [5.41, 5.74) is 6.80. The molecule has 0 amide bonds. The number of likely N-dealkylation sites (tertiary alicyclic amines) is 1. The van der Waals surface area contributed by atoms with Crippen LogP contribution in [0.25, 0.3) is 0 Å². The first-order chi connectivity index (χ1) is 9.83. The Bertz CT molecular complexity index is 394. The summed E-state index contributed by atoms with van der Waals surface area (Å²) in [6, 6.07) is 8.05. The van der Waals surface area contributed by atoms with E-state index in [0.29, 0.717) is 6.54 Å². The van der Waals surface area contributed by atoms with Crippen molar-refractivity contribution in [2.24, 2.45) is 11.7 Å². The third-order valence-corrected chi connectivity index (χ3v) is 4.14. The van der Waals surface area contributed by atoms with E-state index in [-0.39, 0.29) is 0 Å². The molecular weight excluding hydrogens is 248 g/mol. The van der Waals surface area contributed by atoms with Gasteiger partial charge in [-0.2, -0.15) is 0 Å². The van der Waals surface area contributed by atoms with E-state index in [9.17, 15) is 0 Å². The molecule has 1 fully saturated rings. The predicted octanol–water partition coefficient (Wildman–Crippen LogP) is 3.04. The van der Waals surface area contributed by atoms with Crippen molar-refractivity contribution in [1.82, 2.24) is 4.90 Å². The van der Waals surface area contributed by atoms with Crippen LogP contribution < -0.4 is 10.5 Å². The Morgan fingerprint density at radius 2 is 2.20 bits per heavy atom. The van der Waals surface area contributed by atoms with Crippen LogP contribution in [0, 0.1) is 5.92 Å². The molecule has 1 heterocycles. The Kier molecular flexibility index (Phi) is 6.34. The van der Waals surface area contributed by atoms with Gasteiger partial charge in [0.2, 0.25) is 0 Å². The van der Waals surface area contributed by atoms with Crippen LogP contribution in [0.1, 0.15) is 38.2 Å². The lowest BCUT2D eigenvalue weighted by Gasteiger charge is -2.16. The Hall–Kier alpha value is -1.06. The van der Waals surface area contributed by atoms with Gasteiger partial charge in [-0.05, 0) is 37.8 Å². The molecule has 0 radical (unpaired) electrons. The van der Waals surface area contributed by atoms with E-state index in [2.05, 4.69) is 11.8 Å². The number of ether oxygens (including phenoxy) is 1. The molecule has 1 saturated heterocycles. The molecule has 0 saturated carbocycles. The van der Waals surface area contributed by atoms with Gasteiger partial charge in [0.1, 0.15) is 5.75 Å². The minimum Gasteiger partial charge on any atom is -0.493 e. The number of nitrogens with two attached hydrogens (primary N) is 1. The fourth-order valence-electron chi connectivity index (χ4n) is 3.04. The van der Waals surface area contributed by atoms with Crippen molar-refractivity contribution in [1.29, 1.82) is 0 Å². The molecule has 1 aliphatic heterocycles. The van der Waals surface area contributed by atoms with Gasteiger partial charge in [-0.15, -0.1) is 0 Å². The molecule has 0 aromatic heterocycles. The normalized spacial score (nSPS) is 19.4. The van der Waals surface area contributed by atoms with Crippen molar-refractivity contribution < 1.29 is 4.74 Å². The molecule has 112 valence electrons. The second kappa shape index (κ2) is 8.28. The maximum atomic E-state index is 5.86. The van der Waals surface area contributed by atoms with E-state index in [1.807, 2.05) is 24.3 Å². The van der Waals surface area contributed by atoms with Gasteiger partial charge in [-0.25, -0.2) is 0 Å². The highest BCUT2D eigenvalue weighted by Crippen LogP contribution is 2.21. The van der Waals surface area contributed by atoms with Crippen LogP contribution in [0.3, 0.4) is 0 Å². The fraction of sp³-hybridized carbons (Fsp3) is 0.647. The minimum absolute atomic E-state index is 0.543. The van der Waals surface area contributed by atoms with Gasteiger partial charge < -0.3 is 15.4 Å². The molecule has 3 nitrogen and oxygen atoms in total. The first kappa shape index (κ1) is 15.3. The van der Waals surface area contributed by atoms with Gasteiger partial charge in [0, 0.05) is 25.2 Å². The van der Waals surface area contributed by atoms with E-state index >= 15 is 0 Å². The average Bonchev–Trinajstić information content (AvgIpc) is 2.92. The quantitative estimate of drug-likeness (QED) is 0.742. The SMILES string of the molecule is CCCC1CCN(CCCOc2ccccc2CN)C1. The fourth-order valence-corrected chi connectivity index (χ4v) is 3.04. The summed E-state index contributed by atoms with van der Waals surface area (Å²) in [5, 5.41) is 0. The third-order valence-electron chi connectivity index (χ3n) is 4.14. The zero-order valence-electron chi connectivity index (χ0n) is 12.7. The number of hydrogen-bond acceptors (Lipinski definition) is 3. The maximum absolute atomic E-state index is 5.86. The van der Waals surface area contributed by atoms with Gasteiger partial charge in [0.25, 0.3) is 0 Å². The van der Waals surface area contributed by atoms with Crippen LogP contribution in [-0.2, 0) is 6.54 Å². The van der Waals surface area contributed by atoms with Crippen LogP contribution in [0.15, 0.2) is 24.3 Å². The Labute approximate surface area is 123 Å². The highest BCUT2D eigenvalue weighted by atomic mass is 16.5. The zero-order chi connectivity index (χ0) is 14.2. The second-order valence-corrected chi connectivity index (χ2v) is 5.76. The third kappa shape index (κ3) is 4.50. The van der Waals surface area contributed by atoms with E-state index in [1.54, 1.807) is 0 Å². The highest BCUT2D eigenvalue weighted by molar-refractivity contribution is 5.32. The number of nitrogens with zero attached hydrogens (tertiary/aromatic N) is 1. The molecule has 3 heteroatoms. The zero-order valence-corrected chi connectivity index (χ0v) is 12.7. The summed E-state index contributed by atoms with van der Waals surface area (Å²) in [6.07, 6.45) is 5.18. The lowest BCUT2D eigenvalue weighted by molar-refractivity contribution is 0.256. The summed E-state index contributed by atoms with van der Waals surface area (Å²) < 4.78 is 5.86. The molecule has 0 spiro atoms. The predicted molar refractivity (Wildman–Crippen MR) is 83.9 cm³/mol. The maximum Gasteiger partial charge on any atom is 0.123 e. The van der Waals surface area contributed by atoms with Crippen molar-refractivity contribution in [2.75, 3.05) is 26.2 Å². The number of rotatable bonds is 8. The van der Waals surface area contributed by atoms with Crippen molar-refractivity contribution in [2.45, 2.75) is 39.2 Å². The molecule has 1 unspecified atom stereocenters. The smallest absolute Gasteiger partial charge is 0.123 e. The van der Waals surface area contributed by atoms with Crippen LogP contribution in [0.4, 0.5) is 0 Å². The van der Waals surface area contributed by atoms with E-state index in [4.69, 9.17) is 10.5 Å². The van der Waals surface area contributed by atoms with Gasteiger partial charge in [0.05, 0.1) is 6.61 Å². The molecule has 2 rings (SSSR count). The summed E-state index contributed by atoms with van der Waals surface area (Å²) in [7, 11) is 0. The topological polar surface area (TPSA) is 38.5 Å². The van der Waals surface area contributed by atoms with Crippen molar-refractivity contribution >= 4 is 0 Å². The van der Waals surface area contributed by atoms with Gasteiger partial charge in [-0.3, -0.25) is 0 Å². The lowest BCUT2D eigenvalue weighted by atomic mass is 10.0. The Morgan fingerprint density at radius 3 is 3.00 bits per heavy atom. The van der Waals surface area contributed by atoms with E-state index in [0.717, 1.165) is 36.8 Å². The average molecular weight is 276 g/mol. The van der Waals surface area contributed by atoms with Crippen molar-refractivity contribution in [3.05, 3.63) is 29.8 Å². The molecule has 1 aromatic rings. The van der Waals surface area contributed by atoms with Crippen LogP contribution in [0.5, 0.6) is 5.75 Å². The Morgan fingerprint density at radius 1 is 1.35 bits per heavy atom. The Balaban J connectivity index is 1.64. The molecule has 1 aromatic carbocycles. The van der Waals surface area contributed by atoms with Crippen molar-refractivity contribution in [3.63, 3.8) is 0 Å². The molecule has 1 atom stereocenters. The lowest BCUT2D eigenvalue weighted by Crippen LogP contribution is -2.23. The molecular formula is C17H28N2O. The summed E-state index contributed by atoms with van der Waals surface area (Å²) >= 11 is 0. The molecule has 1 aliphatic rings. The molecule has 0 aliphatic carbocycles. The second-order valence-electron chi connectivity index (χ2n) is 5.76. The monoisotopic (exact) mass is 276 g/mol. The van der Waals surface area contributed by atoms with E-state index in [1.165, 1.54) is 32.4 Å². The number of hydrogen-bond donors (Lipinski definition) is 1. The molecule has 0 bridgehead atoms. The van der Waals surface area contributed by atoms with Crippen LogP contribution >= 0.6 is 0 Å². The summed E-state index contributed by atoms with van der Waals surface area (Å²) in [6.45, 7) is 7.32. The van der Waals surface area contributed by atoms with Gasteiger partial charge in [0.15, 0.2) is 0 Å². The van der Waals surface area contributed by atoms with Crippen molar-refractivity contribution in [3.8, 4) is 5.75 Å². The first-order valence-corrected chi connectivity index (χ1v) is 7.96. The van der Waals surface area contributed by atoms with Crippen LogP contribution in [-0.4, -0.2) is 31.1 Å². The molecule has 2 N–H and O–H groups in total. The number of para-hydroxylation sites is 1. The molecule has 20 heavy (non-hydrogen) atoms. The van der Waals surface area contributed by atoms with Crippen LogP contribution in [0.2, 0.25) is 0 Å². The first-order valence-electron chi connectivity index (χ1n) is 7.96. The standard InChI is InChI=1S/C17H28N2O/c1-2-6-15-9-11-19(14-15)10-5-12-20-17-8-4-3-7-16(17)13-18/h3-4,7-8,15H,2,5-6,9-14,18H2,1H3. The van der Waals surface area contributed by atoms with E-state index < -0.39 is 0 Å².